The van der Waals surface area contributed by atoms with E-state index in [2.05, 4.69) is 0 Å². The van der Waals surface area contributed by atoms with Gasteiger partial charge in [-0.15, -0.1) is 0 Å². The van der Waals surface area contributed by atoms with Crippen molar-refractivity contribution >= 4 is 11.7 Å². The van der Waals surface area contributed by atoms with E-state index in [0.29, 0.717) is 24.2 Å². The zero-order valence-corrected chi connectivity index (χ0v) is 10.1. The van der Waals surface area contributed by atoms with Gasteiger partial charge in [0.25, 0.3) is 5.91 Å². The van der Waals surface area contributed by atoms with E-state index in [1.165, 1.54) is 0 Å². The summed E-state index contributed by atoms with van der Waals surface area (Å²) in [4.78, 5) is 22.4. The van der Waals surface area contributed by atoms with Gasteiger partial charge in [0.15, 0.2) is 11.9 Å². The van der Waals surface area contributed by atoms with Crippen molar-refractivity contribution in [1.82, 2.24) is 0 Å². The van der Waals surface area contributed by atoms with Crippen LogP contribution in [0.2, 0.25) is 0 Å². The first kappa shape index (κ1) is 13.2. The van der Waals surface area contributed by atoms with Gasteiger partial charge < -0.3 is 10.5 Å². The minimum absolute atomic E-state index is 0.0819. The second-order valence-electron chi connectivity index (χ2n) is 3.72. The number of amides is 1. The number of carbonyl (C=O) groups excluding carboxylic acids is 2. The third-order valence-electron chi connectivity index (χ3n) is 2.46. The van der Waals surface area contributed by atoms with Gasteiger partial charge in [0.05, 0.1) is 0 Å². The lowest BCUT2D eigenvalue weighted by Gasteiger charge is -2.14. The molecule has 1 aromatic carbocycles. The van der Waals surface area contributed by atoms with Gasteiger partial charge in [0, 0.05) is 12.0 Å². The number of ketones is 1. The number of ether oxygens (including phenoxy) is 1. The average Bonchev–Trinajstić information content (AvgIpc) is 2.35. The van der Waals surface area contributed by atoms with Crippen molar-refractivity contribution in [2.75, 3.05) is 0 Å². The summed E-state index contributed by atoms with van der Waals surface area (Å²) in [5, 5.41) is 0. The van der Waals surface area contributed by atoms with Gasteiger partial charge in [-0.25, -0.2) is 0 Å². The topological polar surface area (TPSA) is 69.4 Å². The van der Waals surface area contributed by atoms with Crippen LogP contribution in [-0.4, -0.2) is 17.8 Å². The fraction of sp³-hybridized carbons (Fsp3) is 0.385. The Balaban J connectivity index is 2.74. The summed E-state index contributed by atoms with van der Waals surface area (Å²) in [7, 11) is 0. The van der Waals surface area contributed by atoms with Crippen LogP contribution >= 0.6 is 0 Å². The van der Waals surface area contributed by atoms with Crippen LogP contribution in [0.5, 0.6) is 5.75 Å². The maximum atomic E-state index is 11.4. The molecular weight excluding hydrogens is 218 g/mol. The Morgan fingerprint density at radius 1 is 1.24 bits per heavy atom. The zero-order chi connectivity index (χ0) is 12.8. The van der Waals surface area contributed by atoms with Gasteiger partial charge in [-0.2, -0.15) is 0 Å². The minimum Gasteiger partial charge on any atom is -0.481 e. The van der Waals surface area contributed by atoms with Crippen LogP contribution in [0.1, 0.15) is 37.0 Å². The van der Waals surface area contributed by atoms with E-state index in [1.54, 1.807) is 24.3 Å². The van der Waals surface area contributed by atoms with Gasteiger partial charge in [0.1, 0.15) is 5.75 Å². The summed E-state index contributed by atoms with van der Waals surface area (Å²) >= 11 is 0. The second kappa shape index (κ2) is 6.03. The molecule has 1 aromatic rings. The average molecular weight is 235 g/mol. The molecule has 0 aliphatic rings. The smallest absolute Gasteiger partial charge is 0.258 e. The number of nitrogens with two attached hydrogens (primary N) is 1. The second-order valence-corrected chi connectivity index (χ2v) is 3.72. The maximum Gasteiger partial charge on any atom is 0.258 e. The van der Waals surface area contributed by atoms with Crippen LogP contribution in [-0.2, 0) is 4.79 Å². The fourth-order valence-electron chi connectivity index (χ4n) is 1.43. The van der Waals surface area contributed by atoms with E-state index in [-0.39, 0.29) is 5.78 Å². The Labute approximate surface area is 101 Å². The molecule has 2 N–H and O–H groups in total. The highest BCUT2D eigenvalue weighted by atomic mass is 16.5. The normalized spacial score (nSPS) is 11.9. The molecule has 0 spiro atoms. The predicted molar refractivity (Wildman–Crippen MR) is 65.0 cm³/mol. The highest BCUT2D eigenvalue weighted by molar-refractivity contribution is 5.95. The third kappa shape index (κ3) is 3.59. The van der Waals surface area contributed by atoms with E-state index < -0.39 is 12.0 Å². The Kier molecular flexibility index (Phi) is 4.69. The SMILES string of the molecule is CCC(=O)c1ccc(OC(CC)C(N)=O)cc1. The highest BCUT2D eigenvalue weighted by Gasteiger charge is 2.14. The van der Waals surface area contributed by atoms with Gasteiger partial charge in [-0.1, -0.05) is 13.8 Å². The van der Waals surface area contributed by atoms with Crippen molar-refractivity contribution in [3.8, 4) is 5.75 Å². The molecule has 1 unspecified atom stereocenters. The zero-order valence-electron chi connectivity index (χ0n) is 10.1. The number of hydrogen-bond donors (Lipinski definition) is 1. The number of hydrogen-bond acceptors (Lipinski definition) is 3. The number of carbonyl (C=O) groups is 2. The first-order valence-electron chi connectivity index (χ1n) is 5.67. The molecule has 0 fully saturated rings. The van der Waals surface area contributed by atoms with Crippen molar-refractivity contribution in [3.63, 3.8) is 0 Å². The summed E-state index contributed by atoms with van der Waals surface area (Å²) in [6, 6.07) is 6.73. The number of benzene rings is 1. The van der Waals surface area contributed by atoms with E-state index in [1.807, 2.05) is 13.8 Å². The lowest BCUT2D eigenvalue weighted by Crippen LogP contribution is -2.32. The number of rotatable bonds is 6. The summed E-state index contributed by atoms with van der Waals surface area (Å²) < 4.78 is 5.41. The van der Waals surface area contributed by atoms with E-state index in [0.717, 1.165) is 0 Å². The lowest BCUT2D eigenvalue weighted by atomic mass is 10.1. The molecule has 1 rings (SSSR count). The van der Waals surface area contributed by atoms with Crippen molar-refractivity contribution in [3.05, 3.63) is 29.8 Å². The van der Waals surface area contributed by atoms with Crippen molar-refractivity contribution < 1.29 is 14.3 Å². The molecule has 0 aliphatic heterocycles. The quantitative estimate of drug-likeness (QED) is 0.766. The molecule has 0 aliphatic carbocycles. The molecule has 1 atom stereocenters. The molecular formula is C13H17NO3. The van der Waals surface area contributed by atoms with Gasteiger partial charge >= 0.3 is 0 Å². The Hall–Kier alpha value is -1.84. The number of primary amides is 1. The van der Waals surface area contributed by atoms with Gasteiger partial charge in [-0.3, -0.25) is 9.59 Å². The van der Waals surface area contributed by atoms with Crippen LogP contribution in [0, 0.1) is 0 Å². The minimum atomic E-state index is -0.622. The summed E-state index contributed by atoms with van der Waals surface area (Å²) in [6.07, 6.45) is 0.368. The van der Waals surface area contributed by atoms with Crippen LogP contribution in [0.25, 0.3) is 0 Å². The molecule has 4 nitrogen and oxygen atoms in total. The van der Waals surface area contributed by atoms with Crippen LogP contribution < -0.4 is 10.5 Å². The highest BCUT2D eigenvalue weighted by Crippen LogP contribution is 2.15. The van der Waals surface area contributed by atoms with E-state index in [4.69, 9.17) is 10.5 Å². The first-order valence-corrected chi connectivity index (χ1v) is 5.67. The molecule has 17 heavy (non-hydrogen) atoms. The van der Waals surface area contributed by atoms with E-state index >= 15 is 0 Å². The molecule has 92 valence electrons. The Bertz CT molecular complexity index is 398. The molecule has 4 heteroatoms. The maximum absolute atomic E-state index is 11.4. The van der Waals surface area contributed by atoms with Crippen molar-refractivity contribution in [2.24, 2.45) is 5.73 Å². The summed E-state index contributed by atoms with van der Waals surface area (Å²) in [5.74, 6) is 0.142. The van der Waals surface area contributed by atoms with Crippen molar-refractivity contribution in [1.29, 1.82) is 0 Å². The number of Topliss-reactive ketones (excluding diaryl/α,β-unsaturated/α-hetero) is 1. The lowest BCUT2D eigenvalue weighted by molar-refractivity contribution is -0.124. The molecule has 1 amide bonds. The Morgan fingerprint density at radius 3 is 2.24 bits per heavy atom. The summed E-state index contributed by atoms with van der Waals surface area (Å²) in [6.45, 7) is 3.64. The molecule has 0 heterocycles. The fourth-order valence-corrected chi connectivity index (χ4v) is 1.43. The van der Waals surface area contributed by atoms with Gasteiger partial charge in [0.2, 0.25) is 0 Å². The Morgan fingerprint density at radius 2 is 1.82 bits per heavy atom. The van der Waals surface area contributed by atoms with Crippen LogP contribution in [0.15, 0.2) is 24.3 Å². The van der Waals surface area contributed by atoms with Crippen LogP contribution in [0.3, 0.4) is 0 Å². The largest absolute Gasteiger partial charge is 0.481 e. The summed E-state index contributed by atoms with van der Waals surface area (Å²) in [5.41, 5.74) is 5.82. The first-order chi connectivity index (χ1) is 8.08. The van der Waals surface area contributed by atoms with Crippen LogP contribution in [0.4, 0.5) is 0 Å². The van der Waals surface area contributed by atoms with Crippen molar-refractivity contribution in [2.45, 2.75) is 32.8 Å². The third-order valence-corrected chi connectivity index (χ3v) is 2.46. The predicted octanol–water partition coefficient (Wildman–Crippen LogP) is 1.92. The molecule has 0 bridgehead atoms. The molecule has 0 saturated heterocycles. The van der Waals surface area contributed by atoms with Gasteiger partial charge in [-0.05, 0) is 30.7 Å². The van der Waals surface area contributed by atoms with E-state index in [9.17, 15) is 9.59 Å². The molecule has 0 radical (unpaired) electrons. The monoisotopic (exact) mass is 235 g/mol. The molecule has 0 aromatic heterocycles. The standard InChI is InChI=1S/C13H17NO3/c1-3-11(15)9-5-7-10(8-6-9)17-12(4-2)13(14)16/h5-8,12H,3-4H2,1-2H3,(H2,14,16). The molecule has 0 saturated carbocycles.